The zero-order chi connectivity index (χ0) is 19.7. The highest BCUT2D eigenvalue weighted by Crippen LogP contribution is 2.32. The number of nitrogens with zero attached hydrogens (tertiary/aromatic N) is 2. The Bertz CT molecular complexity index is 781. The fraction of sp³-hybridized carbons (Fsp3) is 0.571. The van der Waals surface area contributed by atoms with Crippen LogP contribution in [-0.2, 0) is 9.59 Å². The summed E-state index contributed by atoms with van der Waals surface area (Å²) in [5, 5.41) is 2.84. The zero-order valence-corrected chi connectivity index (χ0v) is 17.1. The number of thioether (sulfide) groups is 1. The van der Waals surface area contributed by atoms with Gasteiger partial charge in [0.2, 0.25) is 11.8 Å². The number of nitrogens with one attached hydrogen (secondary N) is 1. The minimum Gasteiger partial charge on any atom is -0.342 e. The number of carbonyl (C=O) groups excluding carboxylic acids is 3. The van der Waals surface area contributed by atoms with E-state index in [9.17, 15) is 14.4 Å². The molecule has 0 aromatic heterocycles. The van der Waals surface area contributed by atoms with Gasteiger partial charge in [0.25, 0.3) is 5.91 Å². The molecular formula is C21H27N3O3S. The summed E-state index contributed by atoms with van der Waals surface area (Å²) >= 11 is 1.49. The second-order valence-electron chi connectivity index (χ2n) is 8.12. The van der Waals surface area contributed by atoms with Gasteiger partial charge in [0.15, 0.2) is 0 Å². The molecule has 7 heteroatoms. The van der Waals surface area contributed by atoms with Crippen molar-refractivity contribution in [1.82, 2.24) is 9.80 Å². The number of hydrogen-bond donors (Lipinski definition) is 1. The largest absolute Gasteiger partial charge is 0.342 e. The van der Waals surface area contributed by atoms with Gasteiger partial charge in [0, 0.05) is 42.6 Å². The third-order valence-corrected chi connectivity index (χ3v) is 7.16. The van der Waals surface area contributed by atoms with E-state index in [0.29, 0.717) is 30.3 Å². The fourth-order valence-electron chi connectivity index (χ4n) is 4.22. The van der Waals surface area contributed by atoms with Crippen LogP contribution in [0.3, 0.4) is 0 Å². The molecule has 0 spiro atoms. The Morgan fingerprint density at radius 2 is 1.71 bits per heavy atom. The van der Waals surface area contributed by atoms with E-state index in [4.69, 9.17) is 0 Å². The molecule has 150 valence electrons. The number of piperidine rings is 2. The Balaban J connectivity index is 1.35. The lowest BCUT2D eigenvalue weighted by Gasteiger charge is -2.36. The molecule has 1 aromatic rings. The van der Waals surface area contributed by atoms with E-state index in [1.807, 2.05) is 21.9 Å². The van der Waals surface area contributed by atoms with Gasteiger partial charge in [0.05, 0.1) is 11.4 Å². The summed E-state index contributed by atoms with van der Waals surface area (Å²) in [6.07, 6.45) is 3.65. The van der Waals surface area contributed by atoms with Gasteiger partial charge < -0.3 is 15.1 Å². The predicted molar refractivity (Wildman–Crippen MR) is 109 cm³/mol. The Kier molecular flexibility index (Phi) is 5.62. The monoisotopic (exact) mass is 401 g/mol. The molecule has 0 atom stereocenters. The van der Waals surface area contributed by atoms with Crippen molar-refractivity contribution in [1.29, 1.82) is 0 Å². The zero-order valence-electron chi connectivity index (χ0n) is 16.3. The van der Waals surface area contributed by atoms with Gasteiger partial charge in [-0.1, -0.05) is 6.92 Å². The van der Waals surface area contributed by atoms with Crippen molar-refractivity contribution in [2.24, 2.45) is 11.8 Å². The second-order valence-corrected chi connectivity index (χ2v) is 9.14. The van der Waals surface area contributed by atoms with Crippen LogP contribution in [0.1, 0.15) is 43.0 Å². The van der Waals surface area contributed by atoms with E-state index in [1.165, 1.54) is 11.8 Å². The van der Waals surface area contributed by atoms with Gasteiger partial charge in [-0.25, -0.2) is 0 Å². The molecule has 28 heavy (non-hydrogen) atoms. The molecule has 6 nitrogen and oxygen atoms in total. The molecule has 0 saturated carbocycles. The molecule has 2 saturated heterocycles. The van der Waals surface area contributed by atoms with Crippen LogP contribution in [0.4, 0.5) is 5.69 Å². The highest BCUT2D eigenvalue weighted by atomic mass is 32.2. The first kappa shape index (κ1) is 19.3. The van der Waals surface area contributed by atoms with E-state index >= 15 is 0 Å². The summed E-state index contributed by atoms with van der Waals surface area (Å²) in [4.78, 5) is 42.1. The summed E-state index contributed by atoms with van der Waals surface area (Å²) < 4.78 is 0. The molecule has 3 heterocycles. The van der Waals surface area contributed by atoms with Crippen LogP contribution in [0.2, 0.25) is 0 Å². The Morgan fingerprint density at radius 1 is 1.04 bits per heavy atom. The number of fused-ring (bicyclic) bond motifs is 1. The van der Waals surface area contributed by atoms with E-state index in [1.54, 1.807) is 6.07 Å². The maximum absolute atomic E-state index is 12.9. The normalized spacial score (nSPS) is 21.2. The summed E-state index contributed by atoms with van der Waals surface area (Å²) in [7, 11) is 0. The Hall–Kier alpha value is -2.02. The Labute approximate surface area is 170 Å². The summed E-state index contributed by atoms with van der Waals surface area (Å²) in [5.41, 5.74) is 1.31. The molecule has 0 radical (unpaired) electrons. The number of anilines is 1. The van der Waals surface area contributed by atoms with Crippen molar-refractivity contribution in [3.63, 3.8) is 0 Å². The van der Waals surface area contributed by atoms with Crippen LogP contribution in [0.15, 0.2) is 23.1 Å². The molecule has 2 fully saturated rings. The summed E-state index contributed by atoms with van der Waals surface area (Å²) in [5.74, 6) is 1.38. The maximum atomic E-state index is 12.9. The van der Waals surface area contributed by atoms with E-state index in [2.05, 4.69) is 12.2 Å². The summed E-state index contributed by atoms with van der Waals surface area (Å²) in [6, 6.07) is 5.51. The van der Waals surface area contributed by atoms with Crippen LogP contribution < -0.4 is 5.32 Å². The molecular weight excluding hydrogens is 374 g/mol. The van der Waals surface area contributed by atoms with Gasteiger partial charge >= 0.3 is 0 Å². The smallest absolute Gasteiger partial charge is 0.253 e. The lowest BCUT2D eigenvalue weighted by molar-refractivity contribution is -0.138. The van der Waals surface area contributed by atoms with Crippen LogP contribution in [0.25, 0.3) is 0 Å². The molecule has 1 N–H and O–H groups in total. The number of rotatable bonds is 2. The maximum Gasteiger partial charge on any atom is 0.253 e. The first-order chi connectivity index (χ1) is 13.5. The van der Waals surface area contributed by atoms with Crippen LogP contribution in [-0.4, -0.2) is 59.5 Å². The van der Waals surface area contributed by atoms with Crippen LogP contribution in [0, 0.1) is 11.8 Å². The minimum atomic E-state index is -0.0338. The standard InChI is InChI=1S/C21H27N3O3S/c1-14-4-8-23(9-5-14)20(26)15-6-10-24(11-7-15)21(27)16-2-3-18-17(12-16)22-19(25)13-28-18/h2-3,12,14-15H,4-11,13H2,1H3,(H,22,25). The third kappa shape index (κ3) is 4.04. The SMILES string of the molecule is CC1CCN(C(=O)C2CCN(C(=O)c3ccc4c(c3)NC(=O)CS4)CC2)CC1. The number of likely N-dealkylation sites (tertiary alicyclic amines) is 2. The van der Waals surface area contributed by atoms with Gasteiger partial charge in [-0.05, 0) is 49.8 Å². The lowest BCUT2D eigenvalue weighted by Crippen LogP contribution is -2.46. The van der Waals surface area contributed by atoms with Crippen LogP contribution in [0.5, 0.6) is 0 Å². The van der Waals surface area contributed by atoms with Crippen LogP contribution >= 0.6 is 11.8 Å². The number of carbonyl (C=O) groups is 3. The first-order valence-corrected chi connectivity index (χ1v) is 11.1. The van der Waals surface area contributed by atoms with Crippen molar-refractivity contribution in [3.05, 3.63) is 23.8 Å². The molecule has 4 rings (SSSR count). The molecule has 3 aliphatic heterocycles. The Morgan fingerprint density at radius 3 is 2.43 bits per heavy atom. The topological polar surface area (TPSA) is 69.7 Å². The van der Waals surface area contributed by atoms with Crippen molar-refractivity contribution >= 4 is 35.2 Å². The van der Waals surface area contributed by atoms with E-state index in [-0.39, 0.29) is 23.6 Å². The third-order valence-electron chi connectivity index (χ3n) is 6.09. The van der Waals surface area contributed by atoms with Gasteiger partial charge in [0.1, 0.15) is 0 Å². The quantitative estimate of drug-likeness (QED) is 0.827. The predicted octanol–water partition coefficient (Wildman–Crippen LogP) is 2.84. The number of hydrogen-bond acceptors (Lipinski definition) is 4. The lowest BCUT2D eigenvalue weighted by atomic mass is 9.92. The highest BCUT2D eigenvalue weighted by molar-refractivity contribution is 8.00. The second kappa shape index (κ2) is 8.15. The highest BCUT2D eigenvalue weighted by Gasteiger charge is 2.32. The average Bonchev–Trinajstić information content (AvgIpc) is 2.73. The van der Waals surface area contributed by atoms with Crippen molar-refractivity contribution in [2.45, 2.75) is 37.5 Å². The van der Waals surface area contributed by atoms with E-state index < -0.39 is 0 Å². The van der Waals surface area contributed by atoms with Gasteiger partial charge in [-0.3, -0.25) is 14.4 Å². The molecule has 1 aromatic carbocycles. The van der Waals surface area contributed by atoms with Crippen molar-refractivity contribution < 1.29 is 14.4 Å². The average molecular weight is 402 g/mol. The van der Waals surface area contributed by atoms with Crippen molar-refractivity contribution in [2.75, 3.05) is 37.2 Å². The molecule has 3 amide bonds. The van der Waals surface area contributed by atoms with Gasteiger partial charge in [-0.2, -0.15) is 0 Å². The van der Waals surface area contributed by atoms with Crippen molar-refractivity contribution in [3.8, 4) is 0 Å². The number of amides is 3. The van der Waals surface area contributed by atoms with E-state index in [0.717, 1.165) is 49.4 Å². The molecule has 3 aliphatic rings. The first-order valence-electron chi connectivity index (χ1n) is 10.2. The van der Waals surface area contributed by atoms with Gasteiger partial charge in [-0.15, -0.1) is 11.8 Å². The molecule has 0 aliphatic carbocycles. The molecule has 0 bridgehead atoms. The molecule has 0 unspecified atom stereocenters. The summed E-state index contributed by atoms with van der Waals surface area (Å²) in [6.45, 7) is 5.21. The number of benzene rings is 1. The fourth-order valence-corrected chi connectivity index (χ4v) is 5.00. The minimum absolute atomic E-state index is 0.0229.